The van der Waals surface area contributed by atoms with Crippen LogP contribution in [-0.4, -0.2) is 61.4 Å². The summed E-state index contributed by atoms with van der Waals surface area (Å²) in [6.07, 6.45) is 1.73. The van der Waals surface area contributed by atoms with E-state index in [0.29, 0.717) is 12.2 Å². The summed E-state index contributed by atoms with van der Waals surface area (Å²) >= 11 is 1.49. The number of ketones is 1. The molecule has 0 radical (unpaired) electrons. The van der Waals surface area contributed by atoms with Crippen molar-refractivity contribution >= 4 is 35.3 Å². The van der Waals surface area contributed by atoms with Crippen LogP contribution in [0.1, 0.15) is 19.8 Å². The first-order chi connectivity index (χ1) is 10.3. The predicted octanol–water partition coefficient (Wildman–Crippen LogP) is -0.169. The standard InChI is InChI=1S/C13H21FN2O5S/c1-8(17)15-9(4-5-22-3)13(20)16-10(11(18)7-14)6-12(19)21-2/h9-10H,4-7H2,1-3H3,(H,15,17)(H,16,20). The molecular weight excluding hydrogens is 315 g/mol. The lowest BCUT2D eigenvalue weighted by atomic mass is 10.1. The van der Waals surface area contributed by atoms with Gasteiger partial charge in [-0.25, -0.2) is 4.39 Å². The lowest BCUT2D eigenvalue weighted by molar-refractivity contribution is -0.143. The van der Waals surface area contributed by atoms with Crippen molar-refractivity contribution in [3.63, 3.8) is 0 Å². The second-order valence-electron chi connectivity index (χ2n) is 4.48. The van der Waals surface area contributed by atoms with Crippen molar-refractivity contribution in [2.24, 2.45) is 0 Å². The third kappa shape index (κ3) is 7.96. The number of carbonyl (C=O) groups is 4. The molecule has 0 aliphatic heterocycles. The van der Waals surface area contributed by atoms with E-state index in [-0.39, 0.29) is 0 Å². The summed E-state index contributed by atoms with van der Waals surface area (Å²) in [5.74, 6) is -2.10. The molecule has 0 aromatic rings. The highest BCUT2D eigenvalue weighted by Crippen LogP contribution is 2.04. The molecule has 2 atom stereocenters. The zero-order chi connectivity index (χ0) is 17.1. The molecule has 126 valence electrons. The molecule has 0 aromatic carbocycles. The van der Waals surface area contributed by atoms with Crippen molar-refractivity contribution in [1.29, 1.82) is 0 Å². The topological polar surface area (TPSA) is 102 Å². The van der Waals surface area contributed by atoms with Gasteiger partial charge >= 0.3 is 5.97 Å². The fourth-order valence-corrected chi connectivity index (χ4v) is 2.08. The summed E-state index contributed by atoms with van der Waals surface area (Å²) in [5, 5.41) is 4.75. The second kappa shape index (κ2) is 11.0. The molecule has 2 unspecified atom stereocenters. The molecule has 9 heteroatoms. The minimum Gasteiger partial charge on any atom is -0.469 e. The van der Waals surface area contributed by atoms with Crippen LogP contribution in [0.4, 0.5) is 4.39 Å². The number of alkyl halides is 1. The maximum atomic E-state index is 12.5. The van der Waals surface area contributed by atoms with Crippen LogP contribution in [-0.2, 0) is 23.9 Å². The van der Waals surface area contributed by atoms with Gasteiger partial charge in [-0.1, -0.05) is 0 Å². The summed E-state index contributed by atoms with van der Waals surface area (Å²) in [5.41, 5.74) is 0. The number of nitrogens with one attached hydrogen (secondary N) is 2. The van der Waals surface area contributed by atoms with Gasteiger partial charge < -0.3 is 15.4 Å². The van der Waals surface area contributed by atoms with Gasteiger partial charge in [0.2, 0.25) is 11.8 Å². The Kier molecular flexibility index (Phi) is 10.2. The van der Waals surface area contributed by atoms with Gasteiger partial charge in [0.05, 0.1) is 13.5 Å². The van der Waals surface area contributed by atoms with Gasteiger partial charge in [0, 0.05) is 6.92 Å². The molecule has 0 rings (SSSR count). The number of rotatable bonds is 10. The van der Waals surface area contributed by atoms with Gasteiger partial charge in [-0.05, 0) is 18.4 Å². The van der Waals surface area contributed by atoms with E-state index < -0.39 is 48.7 Å². The second-order valence-corrected chi connectivity index (χ2v) is 5.46. The van der Waals surface area contributed by atoms with Crippen LogP contribution in [0, 0.1) is 0 Å². The lowest BCUT2D eigenvalue weighted by Gasteiger charge is -2.21. The number of esters is 1. The Morgan fingerprint density at radius 1 is 1.18 bits per heavy atom. The maximum absolute atomic E-state index is 12.5. The Bertz CT molecular complexity index is 419. The van der Waals surface area contributed by atoms with Gasteiger partial charge in [-0.15, -0.1) is 0 Å². The Hall–Kier alpha value is -1.64. The van der Waals surface area contributed by atoms with Crippen LogP contribution in [0.15, 0.2) is 0 Å². The number of hydrogen-bond acceptors (Lipinski definition) is 6. The van der Waals surface area contributed by atoms with Crippen molar-refractivity contribution in [1.82, 2.24) is 10.6 Å². The largest absolute Gasteiger partial charge is 0.469 e. The molecule has 0 fully saturated rings. The van der Waals surface area contributed by atoms with Gasteiger partial charge in [-0.2, -0.15) is 11.8 Å². The molecule has 7 nitrogen and oxygen atoms in total. The average Bonchev–Trinajstić information content (AvgIpc) is 2.49. The highest BCUT2D eigenvalue weighted by molar-refractivity contribution is 7.98. The predicted molar refractivity (Wildman–Crippen MR) is 80.1 cm³/mol. The summed E-state index contributed by atoms with van der Waals surface area (Å²) in [6, 6.07) is -2.16. The van der Waals surface area contributed by atoms with Gasteiger partial charge in [0.1, 0.15) is 18.8 Å². The fraction of sp³-hybridized carbons (Fsp3) is 0.692. The van der Waals surface area contributed by atoms with Gasteiger partial charge in [-0.3, -0.25) is 19.2 Å². The Morgan fingerprint density at radius 2 is 1.82 bits per heavy atom. The van der Waals surface area contributed by atoms with Crippen molar-refractivity contribution in [3.8, 4) is 0 Å². The highest BCUT2D eigenvalue weighted by Gasteiger charge is 2.27. The van der Waals surface area contributed by atoms with E-state index in [1.807, 2.05) is 6.26 Å². The molecule has 0 heterocycles. The average molecular weight is 336 g/mol. The van der Waals surface area contributed by atoms with E-state index in [2.05, 4.69) is 15.4 Å². The van der Waals surface area contributed by atoms with Gasteiger partial charge in [0.15, 0.2) is 5.78 Å². The van der Waals surface area contributed by atoms with E-state index in [4.69, 9.17) is 0 Å². The molecule has 22 heavy (non-hydrogen) atoms. The minimum atomic E-state index is -1.31. The monoisotopic (exact) mass is 336 g/mol. The van der Waals surface area contributed by atoms with Crippen molar-refractivity contribution in [3.05, 3.63) is 0 Å². The van der Waals surface area contributed by atoms with E-state index >= 15 is 0 Å². The van der Waals surface area contributed by atoms with Crippen LogP contribution in [0.3, 0.4) is 0 Å². The number of Topliss-reactive ketones (excluding diaryl/α,β-unsaturated/α-hetero) is 1. The van der Waals surface area contributed by atoms with E-state index in [1.54, 1.807) is 0 Å². The smallest absolute Gasteiger partial charge is 0.308 e. The van der Waals surface area contributed by atoms with E-state index in [9.17, 15) is 23.6 Å². The zero-order valence-corrected chi connectivity index (χ0v) is 13.6. The minimum absolute atomic E-state index is 0.349. The Morgan fingerprint density at radius 3 is 2.27 bits per heavy atom. The Labute approximate surface area is 132 Å². The molecule has 0 aliphatic carbocycles. The third-order valence-electron chi connectivity index (χ3n) is 2.74. The summed E-state index contributed by atoms with van der Waals surface area (Å²) in [4.78, 5) is 45.9. The number of halogens is 1. The molecule has 0 aromatic heterocycles. The molecule has 0 bridgehead atoms. The van der Waals surface area contributed by atoms with Gasteiger partial charge in [0.25, 0.3) is 0 Å². The van der Waals surface area contributed by atoms with E-state index in [1.165, 1.54) is 18.7 Å². The molecule has 0 aliphatic rings. The lowest BCUT2D eigenvalue weighted by Crippen LogP contribution is -2.52. The number of amides is 2. The first-order valence-corrected chi connectivity index (χ1v) is 7.97. The zero-order valence-electron chi connectivity index (χ0n) is 12.8. The molecule has 0 saturated heterocycles. The molecule has 0 saturated carbocycles. The molecule has 2 N–H and O–H groups in total. The van der Waals surface area contributed by atoms with E-state index in [0.717, 1.165) is 7.11 Å². The number of hydrogen-bond donors (Lipinski definition) is 2. The quantitative estimate of drug-likeness (QED) is 0.537. The van der Waals surface area contributed by atoms with Crippen LogP contribution < -0.4 is 10.6 Å². The first-order valence-electron chi connectivity index (χ1n) is 6.57. The summed E-state index contributed by atoms with van der Waals surface area (Å²) < 4.78 is 16.9. The SMILES string of the molecule is COC(=O)CC(NC(=O)C(CCSC)NC(C)=O)C(=O)CF. The maximum Gasteiger partial charge on any atom is 0.308 e. The Balaban J connectivity index is 4.88. The number of carbonyl (C=O) groups excluding carboxylic acids is 4. The normalized spacial score (nSPS) is 12.9. The summed E-state index contributed by atoms with van der Waals surface area (Å²) in [7, 11) is 1.12. The first kappa shape index (κ1) is 20.4. The molecule has 2 amide bonds. The number of methoxy groups -OCH3 is 1. The van der Waals surface area contributed by atoms with Crippen molar-refractivity contribution < 1.29 is 28.3 Å². The van der Waals surface area contributed by atoms with Crippen LogP contribution in [0.25, 0.3) is 0 Å². The highest BCUT2D eigenvalue weighted by atomic mass is 32.2. The summed E-state index contributed by atoms with van der Waals surface area (Å²) in [6.45, 7) is -0.0461. The number of ether oxygens (including phenoxy) is 1. The van der Waals surface area contributed by atoms with Crippen LogP contribution in [0.5, 0.6) is 0 Å². The van der Waals surface area contributed by atoms with Crippen LogP contribution in [0.2, 0.25) is 0 Å². The molecule has 0 spiro atoms. The van der Waals surface area contributed by atoms with Crippen molar-refractivity contribution in [2.75, 3.05) is 25.8 Å². The van der Waals surface area contributed by atoms with Crippen LogP contribution >= 0.6 is 11.8 Å². The third-order valence-corrected chi connectivity index (χ3v) is 3.38. The van der Waals surface area contributed by atoms with Crippen molar-refractivity contribution in [2.45, 2.75) is 31.8 Å². The fourth-order valence-electron chi connectivity index (χ4n) is 1.61. The number of thioether (sulfide) groups is 1. The molecular formula is C13H21FN2O5S.